The molecule has 4 heteroatoms. The summed E-state index contributed by atoms with van der Waals surface area (Å²) in [6.45, 7) is 3.22. The van der Waals surface area contributed by atoms with E-state index in [1.807, 2.05) is 0 Å². The highest BCUT2D eigenvalue weighted by Gasteiger charge is 2.44. The van der Waals surface area contributed by atoms with Crippen molar-refractivity contribution in [1.29, 1.82) is 0 Å². The third-order valence-electron chi connectivity index (χ3n) is 2.27. The zero-order valence-corrected chi connectivity index (χ0v) is 9.49. The van der Waals surface area contributed by atoms with Crippen LogP contribution in [0.4, 0.5) is 0 Å². The highest BCUT2D eigenvalue weighted by molar-refractivity contribution is 5.99. The second-order valence-electron chi connectivity index (χ2n) is 3.59. The van der Waals surface area contributed by atoms with Crippen molar-refractivity contribution < 1.29 is 19.1 Å². The molecule has 4 nitrogen and oxygen atoms in total. The fourth-order valence-electron chi connectivity index (χ4n) is 1.37. The normalized spacial score (nSPS) is 12.5. The molecule has 0 aromatic heterocycles. The van der Waals surface area contributed by atoms with E-state index in [4.69, 9.17) is 6.42 Å². The van der Waals surface area contributed by atoms with Gasteiger partial charge in [-0.2, -0.15) is 0 Å². The van der Waals surface area contributed by atoms with E-state index in [-0.39, 0.29) is 12.3 Å². The number of ether oxygens (including phenoxy) is 2. The summed E-state index contributed by atoms with van der Waals surface area (Å²) in [5, 5.41) is 0. The number of rotatable bonds is 4. The Kier molecular flexibility index (Phi) is 4.86. The lowest BCUT2D eigenvalue weighted by atomic mass is 9.81. The van der Waals surface area contributed by atoms with E-state index < -0.39 is 17.4 Å². The largest absolute Gasteiger partial charge is 0.468 e. The minimum Gasteiger partial charge on any atom is -0.468 e. The molecule has 0 aromatic rings. The molecule has 0 radical (unpaired) electrons. The molecule has 0 N–H and O–H groups in total. The maximum Gasteiger partial charge on any atom is 0.322 e. The van der Waals surface area contributed by atoms with Gasteiger partial charge in [0.15, 0.2) is 5.41 Å². The fraction of sp³-hybridized carbons (Fsp3) is 0.636. The van der Waals surface area contributed by atoms with Gasteiger partial charge in [0.25, 0.3) is 0 Å². The van der Waals surface area contributed by atoms with Crippen molar-refractivity contribution in [3.05, 3.63) is 0 Å². The zero-order valence-electron chi connectivity index (χ0n) is 9.49. The molecule has 0 aromatic carbocycles. The number of terminal acetylenes is 1. The molecule has 0 saturated heterocycles. The van der Waals surface area contributed by atoms with Crippen LogP contribution >= 0.6 is 0 Å². The molecule has 0 saturated carbocycles. The second kappa shape index (κ2) is 5.40. The molecule has 0 spiro atoms. The highest BCUT2D eigenvalue weighted by Crippen LogP contribution is 2.28. The lowest BCUT2D eigenvalue weighted by molar-refractivity contribution is -0.168. The molecular formula is C11H16O4. The molecule has 0 bridgehead atoms. The summed E-state index contributed by atoms with van der Waals surface area (Å²) in [5.41, 5.74) is -1.32. The van der Waals surface area contributed by atoms with Gasteiger partial charge in [0, 0.05) is 5.92 Å². The van der Waals surface area contributed by atoms with E-state index in [1.54, 1.807) is 6.92 Å². The third-order valence-corrected chi connectivity index (χ3v) is 2.27. The molecule has 0 fully saturated rings. The van der Waals surface area contributed by atoms with Crippen LogP contribution in [0.5, 0.6) is 0 Å². The van der Waals surface area contributed by atoms with Crippen molar-refractivity contribution in [2.75, 3.05) is 14.2 Å². The summed E-state index contributed by atoms with van der Waals surface area (Å²) in [6.07, 6.45) is 5.42. The topological polar surface area (TPSA) is 52.6 Å². The van der Waals surface area contributed by atoms with Crippen LogP contribution in [0.2, 0.25) is 0 Å². The first-order valence-corrected chi connectivity index (χ1v) is 4.55. The molecule has 15 heavy (non-hydrogen) atoms. The van der Waals surface area contributed by atoms with Gasteiger partial charge in [-0.3, -0.25) is 9.59 Å². The van der Waals surface area contributed by atoms with E-state index in [2.05, 4.69) is 15.4 Å². The van der Waals surface area contributed by atoms with Crippen LogP contribution in [0, 0.1) is 23.7 Å². The lowest BCUT2D eigenvalue weighted by Crippen LogP contribution is -2.39. The number of esters is 2. The van der Waals surface area contributed by atoms with Crippen molar-refractivity contribution >= 4 is 11.9 Å². The molecule has 0 aliphatic carbocycles. The molecular weight excluding hydrogens is 196 g/mol. The average Bonchev–Trinajstić information content (AvgIpc) is 2.25. The van der Waals surface area contributed by atoms with Gasteiger partial charge in [0.05, 0.1) is 14.2 Å². The first-order valence-electron chi connectivity index (χ1n) is 4.55. The molecule has 0 aliphatic rings. The van der Waals surface area contributed by atoms with Gasteiger partial charge >= 0.3 is 11.9 Å². The van der Waals surface area contributed by atoms with E-state index in [0.717, 1.165) is 0 Å². The fourth-order valence-corrected chi connectivity index (χ4v) is 1.37. The number of methoxy groups -OCH3 is 2. The smallest absolute Gasteiger partial charge is 0.322 e. The van der Waals surface area contributed by atoms with E-state index in [1.165, 1.54) is 21.1 Å². The van der Waals surface area contributed by atoms with Gasteiger partial charge in [0.1, 0.15) is 0 Å². The van der Waals surface area contributed by atoms with Crippen molar-refractivity contribution in [2.45, 2.75) is 20.3 Å². The summed E-state index contributed by atoms with van der Waals surface area (Å²) in [4.78, 5) is 23.0. The lowest BCUT2D eigenvalue weighted by Gasteiger charge is -2.24. The van der Waals surface area contributed by atoms with Gasteiger partial charge < -0.3 is 9.47 Å². The highest BCUT2D eigenvalue weighted by atomic mass is 16.5. The standard InChI is InChI=1S/C11H16O4/c1-6-8(2)7-11(3,9(12)14-4)10(13)15-5/h1,8H,7H2,2-5H3. The van der Waals surface area contributed by atoms with Crippen LogP contribution in [0.1, 0.15) is 20.3 Å². The summed E-state index contributed by atoms with van der Waals surface area (Å²) in [7, 11) is 2.45. The van der Waals surface area contributed by atoms with Gasteiger partial charge in [-0.1, -0.05) is 6.92 Å². The van der Waals surface area contributed by atoms with Crippen LogP contribution < -0.4 is 0 Å². The van der Waals surface area contributed by atoms with Crippen LogP contribution in [-0.2, 0) is 19.1 Å². The van der Waals surface area contributed by atoms with Gasteiger partial charge in [-0.25, -0.2) is 0 Å². The summed E-state index contributed by atoms with van der Waals surface area (Å²) >= 11 is 0. The monoisotopic (exact) mass is 212 g/mol. The predicted octanol–water partition coefficient (Wildman–Crippen LogP) is 0.998. The summed E-state index contributed by atoms with van der Waals surface area (Å²) in [6, 6.07) is 0. The van der Waals surface area contributed by atoms with E-state index in [9.17, 15) is 9.59 Å². The Labute approximate surface area is 89.9 Å². The van der Waals surface area contributed by atoms with Crippen molar-refractivity contribution in [3.8, 4) is 12.3 Å². The summed E-state index contributed by atoms with van der Waals surface area (Å²) < 4.78 is 9.15. The Morgan fingerprint density at radius 3 is 2.00 bits per heavy atom. The number of carbonyl (C=O) groups excluding carboxylic acids is 2. The summed E-state index contributed by atoms with van der Waals surface area (Å²) in [5.74, 6) is 1.01. The molecule has 0 amide bonds. The number of carbonyl (C=O) groups is 2. The minimum absolute atomic E-state index is 0.201. The first-order chi connectivity index (χ1) is 6.92. The maximum atomic E-state index is 11.5. The van der Waals surface area contributed by atoms with E-state index in [0.29, 0.717) is 0 Å². The van der Waals surface area contributed by atoms with Gasteiger partial charge in [-0.15, -0.1) is 12.3 Å². The van der Waals surface area contributed by atoms with Crippen molar-refractivity contribution in [1.82, 2.24) is 0 Å². The number of hydrogen-bond acceptors (Lipinski definition) is 4. The van der Waals surface area contributed by atoms with Crippen LogP contribution in [0.25, 0.3) is 0 Å². The zero-order chi connectivity index (χ0) is 12.1. The Morgan fingerprint density at radius 2 is 1.73 bits per heavy atom. The molecule has 1 unspecified atom stereocenters. The van der Waals surface area contributed by atoms with E-state index >= 15 is 0 Å². The van der Waals surface area contributed by atoms with Crippen LogP contribution in [0.3, 0.4) is 0 Å². The van der Waals surface area contributed by atoms with Crippen molar-refractivity contribution in [2.24, 2.45) is 11.3 Å². The average molecular weight is 212 g/mol. The van der Waals surface area contributed by atoms with Crippen LogP contribution in [-0.4, -0.2) is 26.2 Å². The minimum atomic E-state index is -1.32. The Bertz CT molecular complexity index is 271. The van der Waals surface area contributed by atoms with Crippen molar-refractivity contribution in [3.63, 3.8) is 0 Å². The molecule has 1 atom stereocenters. The third kappa shape index (κ3) is 2.98. The molecule has 0 rings (SSSR count). The Morgan fingerprint density at radius 1 is 1.33 bits per heavy atom. The first kappa shape index (κ1) is 13.5. The van der Waals surface area contributed by atoms with Gasteiger partial charge in [-0.05, 0) is 13.3 Å². The SMILES string of the molecule is C#CC(C)CC(C)(C(=O)OC)C(=O)OC. The number of hydrogen-bond donors (Lipinski definition) is 0. The molecule has 84 valence electrons. The Balaban J connectivity index is 4.96. The molecule has 0 aliphatic heterocycles. The second-order valence-corrected chi connectivity index (χ2v) is 3.59. The Hall–Kier alpha value is -1.50. The maximum absolute atomic E-state index is 11.5. The quantitative estimate of drug-likeness (QED) is 0.396. The predicted molar refractivity (Wildman–Crippen MR) is 54.8 cm³/mol. The molecule has 0 heterocycles. The van der Waals surface area contributed by atoms with Crippen LogP contribution in [0.15, 0.2) is 0 Å². The van der Waals surface area contributed by atoms with Gasteiger partial charge in [0.2, 0.25) is 0 Å².